The van der Waals surface area contributed by atoms with Crippen molar-refractivity contribution in [2.45, 2.75) is 0 Å². The van der Waals surface area contributed by atoms with Crippen LogP contribution in [0.2, 0.25) is 0 Å². The van der Waals surface area contributed by atoms with Gasteiger partial charge in [0, 0.05) is 32.2 Å². The summed E-state index contributed by atoms with van der Waals surface area (Å²) in [5.74, 6) is -0.225. The molecule has 4 aromatic rings. The number of halogens is 1. The van der Waals surface area contributed by atoms with E-state index in [9.17, 15) is 19.3 Å². The molecule has 11 nitrogen and oxygen atoms in total. The summed E-state index contributed by atoms with van der Waals surface area (Å²) in [6.07, 6.45) is 1.39. The molecule has 12 heteroatoms. The predicted octanol–water partition coefficient (Wildman–Crippen LogP) is 2.22. The van der Waals surface area contributed by atoms with Gasteiger partial charge in [-0.2, -0.15) is 4.68 Å². The van der Waals surface area contributed by atoms with Crippen LogP contribution in [0.4, 0.5) is 15.9 Å². The first-order valence-corrected chi connectivity index (χ1v) is 10.1. The summed E-state index contributed by atoms with van der Waals surface area (Å²) in [6, 6.07) is 11.9. The summed E-state index contributed by atoms with van der Waals surface area (Å²) >= 11 is 0. The highest BCUT2D eigenvalue weighted by molar-refractivity contribution is 5.98. The Kier molecular flexibility index (Phi) is 5.09. The van der Waals surface area contributed by atoms with Gasteiger partial charge in [-0.25, -0.2) is 14.4 Å². The number of carbonyl (C=O) groups is 1. The highest BCUT2D eigenvalue weighted by Crippen LogP contribution is 2.25. The van der Waals surface area contributed by atoms with Gasteiger partial charge in [0.1, 0.15) is 17.7 Å². The van der Waals surface area contributed by atoms with Crippen molar-refractivity contribution < 1.29 is 14.1 Å². The molecule has 1 fully saturated rings. The number of fused-ring (bicyclic) bond motifs is 1. The lowest BCUT2D eigenvalue weighted by Crippen LogP contribution is -2.49. The SMILES string of the molecule is O=C(c1ccccc1[N+](=O)[O-])N1CCN(c2ncnc3c2nnn3-c2cccc(F)c2)CC1. The Morgan fingerprint density at radius 3 is 2.58 bits per heavy atom. The number of rotatable bonds is 4. The highest BCUT2D eigenvalue weighted by Gasteiger charge is 2.28. The number of nitro groups is 1. The summed E-state index contributed by atoms with van der Waals surface area (Å²) in [5, 5.41) is 19.6. The Morgan fingerprint density at radius 1 is 1.03 bits per heavy atom. The van der Waals surface area contributed by atoms with Gasteiger partial charge in [-0.1, -0.05) is 23.4 Å². The fraction of sp³-hybridized carbons (Fsp3) is 0.190. The zero-order valence-corrected chi connectivity index (χ0v) is 17.2. The van der Waals surface area contributed by atoms with Crippen molar-refractivity contribution in [3.63, 3.8) is 0 Å². The van der Waals surface area contributed by atoms with Crippen LogP contribution in [0.3, 0.4) is 0 Å². The number of carbonyl (C=O) groups excluding carboxylic acids is 1. The summed E-state index contributed by atoms with van der Waals surface area (Å²) in [5.41, 5.74) is 1.24. The van der Waals surface area contributed by atoms with Crippen LogP contribution in [0, 0.1) is 15.9 Å². The lowest BCUT2D eigenvalue weighted by molar-refractivity contribution is -0.385. The molecule has 0 spiro atoms. The predicted molar refractivity (Wildman–Crippen MR) is 116 cm³/mol. The fourth-order valence-electron chi connectivity index (χ4n) is 3.86. The first-order valence-electron chi connectivity index (χ1n) is 10.1. The van der Waals surface area contributed by atoms with E-state index >= 15 is 0 Å². The van der Waals surface area contributed by atoms with Crippen LogP contribution in [0.25, 0.3) is 16.9 Å². The molecule has 3 heterocycles. The maximum absolute atomic E-state index is 13.7. The fourth-order valence-corrected chi connectivity index (χ4v) is 3.86. The molecule has 0 N–H and O–H groups in total. The van der Waals surface area contributed by atoms with E-state index in [4.69, 9.17) is 0 Å². The standard InChI is InChI=1S/C21H17FN8O3/c22-14-4-3-5-15(12-14)29-20-18(25-26-29)19(23-13-24-20)27-8-10-28(11-9-27)21(31)16-6-1-2-7-17(16)30(32)33/h1-7,12-13H,8-11H2. The number of aromatic nitrogens is 5. The average molecular weight is 448 g/mol. The second kappa shape index (κ2) is 8.22. The van der Waals surface area contributed by atoms with E-state index < -0.39 is 10.7 Å². The van der Waals surface area contributed by atoms with Crippen molar-refractivity contribution in [2.75, 3.05) is 31.1 Å². The third-order valence-electron chi connectivity index (χ3n) is 5.47. The largest absolute Gasteiger partial charge is 0.351 e. The van der Waals surface area contributed by atoms with E-state index in [0.29, 0.717) is 48.8 Å². The minimum atomic E-state index is -0.553. The molecule has 1 aliphatic rings. The zero-order valence-electron chi connectivity index (χ0n) is 17.2. The smallest absolute Gasteiger partial charge is 0.282 e. The molecule has 1 aliphatic heterocycles. The molecule has 166 valence electrons. The van der Waals surface area contributed by atoms with Gasteiger partial charge in [0.15, 0.2) is 17.0 Å². The molecule has 2 aromatic heterocycles. The van der Waals surface area contributed by atoms with Crippen LogP contribution in [-0.2, 0) is 0 Å². The van der Waals surface area contributed by atoms with Gasteiger partial charge in [0.05, 0.1) is 10.6 Å². The summed E-state index contributed by atoms with van der Waals surface area (Å²) in [7, 11) is 0. The highest BCUT2D eigenvalue weighted by atomic mass is 19.1. The lowest BCUT2D eigenvalue weighted by Gasteiger charge is -2.35. The minimum absolute atomic E-state index is 0.0680. The summed E-state index contributed by atoms with van der Waals surface area (Å²) in [4.78, 5) is 35.8. The molecule has 0 unspecified atom stereocenters. The zero-order chi connectivity index (χ0) is 22.9. The molecule has 5 rings (SSSR count). The Morgan fingerprint density at radius 2 is 1.82 bits per heavy atom. The van der Waals surface area contributed by atoms with E-state index in [-0.39, 0.29) is 17.2 Å². The van der Waals surface area contributed by atoms with Gasteiger partial charge in [-0.05, 0) is 24.3 Å². The molecule has 0 saturated carbocycles. The van der Waals surface area contributed by atoms with Gasteiger partial charge in [0.2, 0.25) is 0 Å². The van der Waals surface area contributed by atoms with Gasteiger partial charge in [-0.3, -0.25) is 14.9 Å². The van der Waals surface area contributed by atoms with Crippen molar-refractivity contribution in [1.82, 2.24) is 29.9 Å². The monoisotopic (exact) mass is 448 g/mol. The number of piperazine rings is 1. The maximum Gasteiger partial charge on any atom is 0.282 e. The van der Waals surface area contributed by atoms with E-state index in [1.54, 1.807) is 23.1 Å². The Hall–Kier alpha value is -4.48. The Labute approximate surface area is 186 Å². The third kappa shape index (κ3) is 3.71. The second-order valence-electron chi connectivity index (χ2n) is 7.40. The molecule has 33 heavy (non-hydrogen) atoms. The van der Waals surface area contributed by atoms with Crippen molar-refractivity contribution >= 4 is 28.6 Å². The second-order valence-corrected chi connectivity index (χ2v) is 7.40. The normalized spacial score (nSPS) is 14.0. The van der Waals surface area contributed by atoms with Gasteiger partial charge in [-0.15, -0.1) is 5.10 Å². The minimum Gasteiger partial charge on any atom is -0.351 e. The average Bonchev–Trinajstić information content (AvgIpc) is 3.28. The number of amides is 1. The molecule has 1 saturated heterocycles. The van der Waals surface area contributed by atoms with Gasteiger partial charge >= 0.3 is 0 Å². The van der Waals surface area contributed by atoms with E-state index in [1.807, 2.05) is 4.90 Å². The summed E-state index contributed by atoms with van der Waals surface area (Å²) in [6.45, 7) is 1.61. The Bertz CT molecular complexity index is 1370. The lowest BCUT2D eigenvalue weighted by atomic mass is 10.1. The van der Waals surface area contributed by atoms with Crippen molar-refractivity contribution in [1.29, 1.82) is 0 Å². The number of hydrogen-bond acceptors (Lipinski definition) is 8. The van der Waals surface area contributed by atoms with E-state index in [1.165, 1.54) is 41.3 Å². The molecule has 0 radical (unpaired) electrons. The molecule has 0 aliphatic carbocycles. The van der Waals surface area contributed by atoms with Crippen LogP contribution >= 0.6 is 0 Å². The molecule has 1 amide bonds. The molecular formula is C21H17FN8O3. The number of benzene rings is 2. The number of anilines is 1. The van der Waals surface area contributed by atoms with Crippen molar-refractivity contribution in [3.05, 3.63) is 76.4 Å². The number of nitro benzene ring substituents is 1. The van der Waals surface area contributed by atoms with E-state index in [2.05, 4.69) is 20.3 Å². The number of para-hydroxylation sites is 1. The number of hydrogen-bond donors (Lipinski definition) is 0. The van der Waals surface area contributed by atoms with Gasteiger partial charge in [0.25, 0.3) is 11.6 Å². The summed E-state index contributed by atoms with van der Waals surface area (Å²) < 4.78 is 15.1. The molecule has 2 aromatic carbocycles. The first kappa shape index (κ1) is 20.4. The first-order chi connectivity index (χ1) is 16.0. The maximum atomic E-state index is 13.7. The van der Waals surface area contributed by atoms with E-state index in [0.717, 1.165) is 0 Å². The quantitative estimate of drug-likeness (QED) is 0.344. The molecule has 0 bridgehead atoms. The number of nitrogens with zero attached hydrogens (tertiary/aromatic N) is 8. The van der Waals surface area contributed by atoms with Crippen LogP contribution in [0.5, 0.6) is 0 Å². The van der Waals surface area contributed by atoms with Crippen LogP contribution < -0.4 is 4.90 Å². The van der Waals surface area contributed by atoms with Crippen LogP contribution in [0.1, 0.15) is 10.4 Å². The molecular weight excluding hydrogens is 431 g/mol. The molecule has 0 atom stereocenters. The topological polar surface area (TPSA) is 123 Å². The van der Waals surface area contributed by atoms with Gasteiger partial charge < -0.3 is 9.80 Å². The van der Waals surface area contributed by atoms with Crippen molar-refractivity contribution in [3.8, 4) is 5.69 Å². The van der Waals surface area contributed by atoms with Crippen LogP contribution in [0.15, 0.2) is 54.9 Å². The van der Waals surface area contributed by atoms with Crippen LogP contribution in [-0.4, -0.2) is 66.9 Å². The van der Waals surface area contributed by atoms with Crippen molar-refractivity contribution in [2.24, 2.45) is 0 Å². The third-order valence-corrected chi connectivity index (χ3v) is 5.47. The Balaban J connectivity index is 1.37.